The molecule has 204 valence electrons. The highest BCUT2D eigenvalue weighted by molar-refractivity contribution is 7.88. The van der Waals surface area contributed by atoms with Gasteiger partial charge in [0.15, 0.2) is 11.6 Å². The van der Waals surface area contributed by atoms with Crippen molar-refractivity contribution in [2.75, 3.05) is 37.3 Å². The van der Waals surface area contributed by atoms with Crippen molar-refractivity contribution in [1.82, 2.24) is 24.5 Å². The number of aryl methyl sites for hydroxylation is 1. The number of benzene rings is 1. The molecule has 1 unspecified atom stereocenters. The van der Waals surface area contributed by atoms with Crippen LogP contribution in [0.15, 0.2) is 36.7 Å². The molecule has 13 heteroatoms. The minimum Gasteiger partial charge on any atom is -0.483 e. The lowest BCUT2D eigenvalue weighted by Crippen LogP contribution is -2.73. The summed E-state index contributed by atoms with van der Waals surface area (Å²) in [4.78, 5) is 10.9. The monoisotopic (exact) mass is 590 g/mol. The molecule has 0 amide bonds. The predicted octanol–water partition coefficient (Wildman–Crippen LogP) is 5.00. The summed E-state index contributed by atoms with van der Waals surface area (Å²) < 4.78 is 45.8. The summed E-state index contributed by atoms with van der Waals surface area (Å²) in [5.41, 5.74) is 3.05. The van der Waals surface area contributed by atoms with Gasteiger partial charge in [-0.25, -0.2) is 22.1 Å². The number of pyridine rings is 2. The number of ether oxygens (including phenoxy) is 1. The second-order valence-corrected chi connectivity index (χ2v) is 13.1. The van der Waals surface area contributed by atoms with Crippen molar-refractivity contribution >= 4 is 49.9 Å². The second-order valence-electron chi connectivity index (χ2n) is 10.4. The molecule has 0 saturated carbocycles. The first-order chi connectivity index (χ1) is 18.4. The zero-order valence-corrected chi connectivity index (χ0v) is 23.7. The van der Waals surface area contributed by atoms with Gasteiger partial charge in [0, 0.05) is 66.6 Å². The maximum Gasteiger partial charge on any atom is 0.211 e. The number of aromatic nitrogens is 4. The lowest BCUT2D eigenvalue weighted by atomic mass is 9.74. The minimum atomic E-state index is -3.13. The Hall–Kier alpha value is -2.99. The largest absolute Gasteiger partial charge is 0.483 e. The Balaban J connectivity index is 1.21. The highest BCUT2D eigenvalue weighted by atomic mass is 35.5. The van der Waals surface area contributed by atoms with Crippen molar-refractivity contribution in [3.05, 3.63) is 63.8 Å². The van der Waals surface area contributed by atoms with Crippen molar-refractivity contribution in [2.45, 2.75) is 20.0 Å². The maximum absolute atomic E-state index is 15.0. The SMILES string of the molecule is Cc1ncc(Cl)c(C(C)Oc2cc3c(-c4ccc(N5CC6(C5)CN(S(C)(=O)=O)C6)nc4)n[nH]c3cc2F)c1Cl. The Morgan fingerprint density at radius 1 is 1.13 bits per heavy atom. The van der Waals surface area contributed by atoms with E-state index in [0.717, 1.165) is 24.5 Å². The summed E-state index contributed by atoms with van der Waals surface area (Å²) in [6.45, 7) is 6.15. The summed E-state index contributed by atoms with van der Waals surface area (Å²) in [6.07, 6.45) is 3.84. The second kappa shape index (κ2) is 9.29. The van der Waals surface area contributed by atoms with Crippen molar-refractivity contribution in [3.8, 4) is 17.0 Å². The van der Waals surface area contributed by atoms with Gasteiger partial charge >= 0.3 is 0 Å². The van der Waals surface area contributed by atoms with E-state index in [1.54, 1.807) is 26.1 Å². The number of H-pyrrole nitrogens is 1. The lowest BCUT2D eigenvalue weighted by Gasteiger charge is -2.59. The first-order valence-electron chi connectivity index (χ1n) is 12.3. The Bertz CT molecular complexity index is 1700. The number of rotatable bonds is 6. The smallest absolute Gasteiger partial charge is 0.211 e. The fraction of sp³-hybridized carbons (Fsp3) is 0.346. The molecule has 0 aliphatic carbocycles. The van der Waals surface area contributed by atoms with Gasteiger partial charge in [0.25, 0.3) is 0 Å². The van der Waals surface area contributed by atoms with E-state index >= 15 is 0 Å². The van der Waals surface area contributed by atoms with E-state index < -0.39 is 21.9 Å². The first kappa shape index (κ1) is 26.2. The number of fused-ring (bicyclic) bond motifs is 1. The van der Waals surface area contributed by atoms with Gasteiger partial charge in [0.1, 0.15) is 17.6 Å². The van der Waals surface area contributed by atoms with Crippen LogP contribution in [0, 0.1) is 18.2 Å². The van der Waals surface area contributed by atoms with Crippen LogP contribution in [-0.2, 0) is 10.0 Å². The van der Waals surface area contributed by atoms with Gasteiger partial charge in [0.05, 0.1) is 27.5 Å². The molecule has 2 aliphatic rings. The molecule has 0 radical (unpaired) electrons. The lowest BCUT2D eigenvalue weighted by molar-refractivity contribution is 0.0395. The molecular weight excluding hydrogens is 566 g/mol. The molecule has 1 atom stereocenters. The summed E-state index contributed by atoms with van der Waals surface area (Å²) in [5.74, 6) is 0.304. The van der Waals surface area contributed by atoms with E-state index in [1.165, 1.54) is 22.8 Å². The topological polar surface area (TPSA) is 104 Å². The molecular formula is C26H25Cl2FN6O3S. The number of anilines is 1. The highest BCUT2D eigenvalue weighted by Gasteiger charge is 2.54. The Labute approximate surface area is 235 Å². The molecule has 2 fully saturated rings. The third kappa shape index (κ3) is 4.61. The van der Waals surface area contributed by atoms with Gasteiger partial charge in [-0.05, 0) is 32.0 Å². The van der Waals surface area contributed by atoms with Crippen molar-refractivity contribution in [3.63, 3.8) is 0 Å². The summed E-state index contributed by atoms with van der Waals surface area (Å²) in [7, 11) is -3.13. The van der Waals surface area contributed by atoms with Crippen molar-refractivity contribution in [1.29, 1.82) is 0 Å². The van der Waals surface area contributed by atoms with Crippen molar-refractivity contribution in [2.24, 2.45) is 5.41 Å². The van der Waals surface area contributed by atoms with Crippen LogP contribution in [0.4, 0.5) is 10.2 Å². The summed E-state index contributed by atoms with van der Waals surface area (Å²) >= 11 is 12.7. The van der Waals surface area contributed by atoms with Gasteiger partial charge in [-0.15, -0.1) is 0 Å². The van der Waals surface area contributed by atoms with E-state index in [2.05, 4.69) is 25.1 Å². The van der Waals surface area contributed by atoms with Gasteiger partial charge in [0.2, 0.25) is 10.0 Å². The summed E-state index contributed by atoms with van der Waals surface area (Å²) in [5, 5.41) is 8.67. The normalized spacial score (nSPS) is 17.7. The van der Waals surface area contributed by atoms with E-state index in [0.29, 0.717) is 51.0 Å². The number of halogens is 3. The molecule has 1 spiro atoms. The molecule has 0 bridgehead atoms. The molecule has 3 aromatic heterocycles. The zero-order chi connectivity index (χ0) is 27.7. The number of hydrogen-bond acceptors (Lipinski definition) is 7. The molecule has 9 nitrogen and oxygen atoms in total. The zero-order valence-electron chi connectivity index (χ0n) is 21.4. The number of nitrogens with one attached hydrogen (secondary N) is 1. The van der Waals surface area contributed by atoms with Crippen LogP contribution in [0.25, 0.3) is 22.2 Å². The first-order valence-corrected chi connectivity index (χ1v) is 14.9. The molecule has 6 rings (SSSR count). The molecule has 2 saturated heterocycles. The maximum atomic E-state index is 15.0. The molecule has 1 N–H and O–H groups in total. The Morgan fingerprint density at radius 3 is 2.54 bits per heavy atom. The van der Waals surface area contributed by atoms with Gasteiger partial charge < -0.3 is 9.64 Å². The standard InChI is InChI=1S/C26H25Cl2FN6O3S/c1-14-24(28)23(18(27)9-30-14)15(2)38-21-6-17-20(7-19(21)29)32-33-25(17)16-4-5-22(31-8-16)34-10-26(11-34)12-35(13-26)39(3,36)37/h4-9,15H,10-13H2,1-3H3,(H,32,33). The molecule has 5 heterocycles. The van der Waals surface area contributed by atoms with Crippen LogP contribution in [0.1, 0.15) is 24.3 Å². The van der Waals surface area contributed by atoms with E-state index in [1.807, 2.05) is 12.1 Å². The van der Waals surface area contributed by atoms with Crippen molar-refractivity contribution < 1.29 is 17.5 Å². The average Bonchev–Trinajstić information content (AvgIpc) is 3.22. The van der Waals surface area contributed by atoms with Crippen LogP contribution in [0.5, 0.6) is 5.75 Å². The van der Waals surface area contributed by atoms with Crippen LogP contribution in [0.3, 0.4) is 0 Å². The fourth-order valence-corrected chi connectivity index (χ4v) is 6.97. The predicted molar refractivity (Wildman–Crippen MR) is 148 cm³/mol. The third-order valence-corrected chi connectivity index (χ3v) is 9.37. The molecule has 39 heavy (non-hydrogen) atoms. The van der Waals surface area contributed by atoms with Crippen LogP contribution >= 0.6 is 23.2 Å². The van der Waals surface area contributed by atoms with E-state index in [9.17, 15) is 12.8 Å². The van der Waals surface area contributed by atoms with Gasteiger partial charge in [-0.3, -0.25) is 10.1 Å². The number of aromatic amines is 1. The molecule has 1 aromatic carbocycles. The van der Waals surface area contributed by atoms with E-state index in [-0.39, 0.29) is 11.2 Å². The Morgan fingerprint density at radius 2 is 1.87 bits per heavy atom. The quantitative estimate of drug-likeness (QED) is 0.337. The fourth-order valence-electron chi connectivity index (χ4n) is 5.31. The number of sulfonamides is 1. The third-order valence-electron chi connectivity index (χ3n) is 7.40. The highest BCUT2D eigenvalue weighted by Crippen LogP contribution is 2.43. The van der Waals surface area contributed by atoms with Gasteiger partial charge in [-0.2, -0.15) is 5.10 Å². The average molecular weight is 591 g/mol. The van der Waals surface area contributed by atoms with Crippen LogP contribution in [0.2, 0.25) is 10.0 Å². The van der Waals surface area contributed by atoms with Crippen LogP contribution < -0.4 is 9.64 Å². The molecule has 2 aliphatic heterocycles. The number of nitrogens with zero attached hydrogens (tertiary/aromatic N) is 5. The Kier molecular flexibility index (Phi) is 6.25. The summed E-state index contributed by atoms with van der Waals surface area (Å²) in [6, 6.07) is 6.77. The van der Waals surface area contributed by atoms with Crippen LogP contribution in [-0.4, -0.2) is 65.3 Å². The van der Waals surface area contributed by atoms with E-state index in [4.69, 9.17) is 27.9 Å². The van der Waals surface area contributed by atoms with Gasteiger partial charge in [-0.1, -0.05) is 23.2 Å². The number of hydrogen-bond donors (Lipinski definition) is 1. The molecule has 4 aromatic rings. The minimum absolute atomic E-state index is 0.0167.